The summed E-state index contributed by atoms with van der Waals surface area (Å²) in [5, 5.41) is 0. The van der Waals surface area contributed by atoms with Gasteiger partial charge in [-0.3, -0.25) is 4.40 Å². The Morgan fingerprint density at radius 2 is 2.21 bits per heavy atom. The van der Waals surface area contributed by atoms with Crippen LogP contribution in [-0.2, 0) is 5.54 Å². The third-order valence-corrected chi connectivity index (χ3v) is 3.16. The molecular weight excluding hydrogens is 176 g/mol. The maximum absolute atomic E-state index is 6.17. The number of hydrogen-bond donors (Lipinski definition) is 2. The first-order valence-electron chi connectivity index (χ1n) is 4.94. The molecule has 1 aliphatic carbocycles. The molecule has 1 fully saturated rings. The highest BCUT2D eigenvalue weighted by Crippen LogP contribution is 2.43. The minimum atomic E-state index is -0.1000. The molecule has 0 aromatic carbocycles. The van der Waals surface area contributed by atoms with Gasteiger partial charge in [-0.05, 0) is 26.7 Å². The zero-order chi connectivity index (χ0) is 9.92. The van der Waals surface area contributed by atoms with Gasteiger partial charge < -0.3 is 10.7 Å². The van der Waals surface area contributed by atoms with E-state index in [2.05, 4.69) is 28.2 Å². The summed E-state index contributed by atoms with van der Waals surface area (Å²) in [6, 6.07) is 0. The summed E-state index contributed by atoms with van der Waals surface area (Å²) in [5.41, 5.74) is 9.59. The van der Waals surface area contributed by atoms with E-state index in [0.29, 0.717) is 0 Å². The molecule has 0 saturated heterocycles. The summed E-state index contributed by atoms with van der Waals surface area (Å²) in [6.07, 6.45) is 4.03. The van der Waals surface area contributed by atoms with Crippen LogP contribution in [0.2, 0.25) is 0 Å². The molecule has 3 rings (SSSR count). The summed E-state index contributed by atoms with van der Waals surface area (Å²) >= 11 is 0. The van der Waals surface area contributed by atoms with E-state index in [1.807, 2.05) is 6.20 Å². The molecule has 2 aromatic rings. The molecule has 74 valence electrons. The Kier molecular flexibility index (Phi) is 1.27. The minimum Gasteiger partial charge on any atom is -0.326 e. The van der Waals surface area contributed by atoms with E-state index >= 15 is 0 Å². The maximum atomic E-state index is 6.17. The third kappa shape index (κ3) is 0.838. The summed E-state index contributed by atoms with van der Waals surface area (Å²) in [5.74, 6) is 0.909. The topological polar surface area (TPSA) is 59.1 Å². The number of rotatable bonds is 1. The van der Waals surface area contributed by atoms with Crippen molar-refractivity contribution in [2.75, 3.05) is 0 Å². The number of nitrogens with zero attached hydrogens (tertiary/aromatic N) is 2. The number of aromatic nitrogens is 3. The van der Waals surface area contributed by atoms with Gasteiger partial charge in [0.25, 0.3) is 0 Å². The summed E-state index contributed by atoms with van der Waals surface area (Å²) in [4.78, 5) is 7.61. The van der Waals surface area contributed by atoms with Crippen molar-refractivity contribution in [3.8, 4) is 0 Å². The monoisotopic (exact) mass is 190 g/mol. The highest BCUT2D eigenvalue weighted by Gasteiger charge is 2.43. The maximum Gasteiger partial charge on any atom is 0.211 e. The van der Waals surface area contributed by atoms with Gasteiger partial charge in [0.15, 0.2) is 0 Å². The molecule has 0 amide bonds. The number of nitrogens with two attached hydrogens (primary N) is 1. The zero-order valence-corrected chi connectivity index (χ0v) is 8.46. The average molecular weight is 190 g/mol. The van der Waals surface area contributed by atoms with Crippen LogP contribution >= 0.6 is 0 Å². The smallest absolute Gasteiger partial charge is 0.211 e. The van der Waals surface area contributed by atoms with Crippen LogP contribution in [0.25, 0.3) is 5.78 Å². The van der Waals surface area contributed by atoms with Gasteiger partial charge in [-0.25, -0.2) is 4.98 Å². The van der Waals surface area contributed by atoms with Crippen LogP contribution in [0, 0.1) is 13.8 Å². The summed E-state index contributed by atoms with van der Waals surface area (Å²) in [7, 11) is 0. The highest BCUT2D eigenvalue weighted by molar-refractivity contribution is 5.42. The normalized spacial score (nSPS) is 19.1. The second kappa shape index (κ2) is 2.20. The molecule has 3 N–H and O–H groups in total. The van der Waals surface area contributed by atoms with Crippen molar-refractivity contribution < 1.29 is 0 Å². The fraction of sp³-hybridized carbons (Fsp3) is 0.500. The molecule has 0 aliphatic heterocycles. The van der Waals surface area contributed by atoms with E-state index in [1.165, 1.54) is 5.69 Å². The van der Waals surface area contributed by atoms with Crippen molar-refractivity contribution in [1.82, 2.24) is 14.4 Å². The molecule has 0 spiro atoms. The lowest BCUT2D eigenvalue weighted by Gasteiger charge is -2.06. The molecule has 4 nitrogen and oxygen atoms in total. The number of hydrogen-bond acceptors (Lipinski definition) is 2. The van der Waals surface area contributed by atoms with E-state index in [-0.39, 0.29) is 5.54 Å². The first kappa shape index (κ1) is 8.05. The van der Waals surface area contributed by atoms with Gasteiger partial charge in [0.2, 0.25) is 5.78 Å². The Balaban J connectivity index is 2.31. The minimum absolute atomic E-state index is 0.1000. The number of fused-ring (bicyclic) bond motifs is 1. The Bertz CT molecular complexity index is 501. The van der Waals surface area contributed by atoms with Crippen LogP contribution < -0.4 is 5.73 Å². The second-order valence-corrected chi connectivity index (χ2v) is 4.30. The van der Waals surface area contributed by atoms with Crippen LogP contribution in [0.15, 0.2) is 6.20 Å². The number of H-pyrrole nitrogens is 1. The number of nitrogens with one attached hydrogen (secondary N) is 1. The van der Waals surface area contributed by atoms with Gasteiger partial charge in [0.05, 0.1) is 17.4 Å². The fourth-order valence-electron chi connectivity index (χ4n) is 2.13. The number of aryl methyl sites for hydroxylation is 2. The zero-order valence-electron chi connectivity index (χ0n) is 8.46. The van der Waals surface area contributed by atoms with Crippen molar-refractivity contribution in [3.63, 3.8) is 0 Å². The molecule has 2 aromatic heterocycles. The van der Waals surface area contributed by atoms with E-state index in [9.17, 15) is 0 Å². The van der Waals surface area contributed by atoms with Gasteiger partial charge in [-0.15, -0.1) is 0 Å². The van der Waals surface area contributed by atoms with E-state index in [4.69, 9.17) is 5.73 Å². The van der Waals surface area contributed by atoms with Gasteiger partial charge >= 0.3 is 0 Å². The van der Waals surface area contributed by atoms with Crippen LogP contribution in [0.1, 0.15) is 29.9 Å². The molecule has 0 radical (unpaired) electrons. The van der Waals surface area contributed by atoms with Crippen LogP contribution in [0.4, 0.5) is 0 Å². The molecule has 0 bridgehead atoms. The predicted molar refractivity (Wildman–Crippen MR) is 54.1 cm³/mol. The van der Waals surface area contributed by atoms with Crippen molar-refractivity contribution in [1.29, 1.82) is 0 Å². The van der Waals surface area contributed by atoms with Gasteiger partial charge in [0.1, 0.15) is 0 Å². The van der Waals surface area contributed by atoms with E-state index in [1.54, 1.807) is 0 Å². The van der Waals surface area contributed by atoms with Crippen molar-refractivity contribution in [3.05, 3.63) is 23.3 Å². The Morgan fingerprint density at radius 1 is 1.50 bits per heavy atom. The molecule has 2 heterocycles. The van der Waals surface area contributed by atoms with E-state index < -0.39 is 0 Å². The van der Waals surface area contributed by atoms with Crippen molar-refractivity contribution in [2.24, 2.45) is 5.73 Å². The fourth-order valence-corrected chi connectivity index (χ4v) is 2.13. The molecule has 1 saturated carbocycles. The average Bonchev–Trinajstić information content (AvgIpc) is 2.64. The molecular formula is C10H14N4. The summed E-state index contributed by atoms with van der Waals surface area (Å²) in [6.45, 7) is 4.15. The SMILES string of the molecule is Cc1cnc2[nH]c(C3(N)CC3)c(C)n12. The van der Waals surface area contributed by atoms with Crippen molar-refractivity contribution in [2.45, 2.75) is 32.2 Å². The number of aromatic amines is 1. The Morgan fingerprint density at radius 3 is 2.79 bits per heavy atom. The molecule has 0 atom stereocenters. The predicted octanol–water partition coefficient (Wildman–Crippen LogP) is 1.23. The largest absolute Gasteiger partial charge is 0.326 e. The molecule has 14 heavy (non-hydrogen) atoms. The Labute approximate surface area is 82.1 Å². The lowest BCUT2D eigenvalue weighted by Crippen LogP contribution is -2.20. The standard InChI is InChI=1S/C10H14N4/c1-6-5-12-9-13-8(7(2)14(6)9)10(11)3-4-10/h5H,3-4,11H2,1-2H3,(H,12,13). The second-order valence-electron chi connectivity index (χ2n) is 4.30. The van der Waals surface area contributed by atoms with Crippen LogP contribution in [-0.4, -0.2) is 14.4 Å². The summed E-state index contributed by atoms with van der Waals surface area (Å²) < 4.78 is 2.13. The molecule has 1 aliphatic rings. The lowest BCUT2D eigenvalue weighted by atomic mass is 10.1. The first-order valence-corrected chi connectivity index (χ1v) is 4.94. The third-order valence-electron chi connectivity index (χ3n) is 3.16. The van der Waals surface area contributed by atoms with Crippen molar-refractivity contribution >= 4 is 5.78 Å². The molecule has 4 heteroatoms. The van der Waals surface area contributed by atoms with Gasteiger partial charge in [-0.2, -0.15) is 0 Å². The van der Waals surface area contributed by atoms with Crippen LogP contribution in [0.3, 0.4) is 0 Å². The van der Waals surface area contributed by atoms with E-state index in [0.717, 1.165) is 30.0 Å². The van der Waals surface area contributed by atoms with Crippen LogP contribution in [0.5, 0.6) is 0 Å². The van der Waals surface area contributed by atoms with Gasteiger partial charge in [-0.1, -0.05) is 0 Å². The Hall–Kier alpha value is -1.29. The van der Waals surface area contributed by atoms with Gasteiger partial charge in [0, 0.05) is 11.4 Å². The first-order chi connectivity index (χ1) is 6.62. The quantitative estimate of drug-likeness (QED) is 0.710. The highest BCUT2D eigenvalue weighted by atomic mass is 15.1. The lowest BCUT2D eigenvalue weighted by molar-refractivity contribution is 0.705. The number of imidazole rings is 2. The molecule has 0 unspecified atom stereocenters.